The fourth-order valence-electron chi connectivity index (χ4n) is 1.18. The summed E-state index contributed by atoms with van der Waals surface area (Å²) in [4.78, 5) is 0. The van der Waals surface area contributed by atoms with Gasteiger partial charge in [-0.25, -0.2) is 0 Å². The second-order valence-corrected chi connectivity index (χ2v) is 3.83. The number of ether oxygens (including phenoxy) is 1. The Morgan fingerprint density at radius 3 is 2.73 bits per heavy atom. The molecule has 15 heavy (non-hydrogen) atoms. The minimum atomic E-state index is 0.378. The van der Waals surface area contributed by atoms with Crippen LogP contribution in [0.15, 0.2) is 30.3 Å². The van der Waals surface area contributed by atoms with Crippen LogP contribution in [0.4, 0.5) is 0 Å². The third-order valence-corrected chi connectivity index (χ3v) is 2.52. The fraction of sp³-hybridized carbons (Fsp3) is 0.500. The van der Waals surface area contributed by atoms with E-state index in [2.05, 4.69) is 12.2 Å². The summed E-state index contributed by atoms with van der Waals surface area (Å²) in [6.07, 6.45) is 0.996. The molecule has 0 saturated carbocycles. The molecule has 0 fully saturated rings. The van der Waals surface area contributed by atoms with Crippen LogP contribution in [-0.4, -0.2) is 25.1 Å². The first-order chi connectivity index (χ1) is 7.33. The molecule has 0 saturated heterocycles. The third kappa shape index (κ3) is 5.65. The second-order valence-electron chi connectivity index (χ2n) is 3.52. The van der Waals surface area contributed by atoms with E-state index in [1.165, 1.54) is 0 Å². The molecule has 84 valence electrons. The summed E-state index contributed by atoms with van der Waals surface area (Å²) in [5, 5.41) is 3.31. The molecule has 1 aromatic carbocycles. The molecule has 0 amide bonds. The highest BCUT2D eigenvalue weighted by molar-refractivity contribution is 6.18. The van der Waals surface area contributed by atoms with Crippen molar-refractivity contribution in [3.63, 3.8) is 0 Å². The Labute approximate surface area is 96.6 Å². The summed E-state index contributed by atoms with van der Waals surface area (Å²) in [5.74, 6) is 1.59. The second kappa shape index (κ2) is 7.55. The van der Waals surface area contributed by atoms with Gasteiger partial charge in [-0.05, 0) is 32.0 Å². The molecule has 1 atom stereocenters. The summed E-state index contributed by atoms with van der Waals surface area (Å²) in [6.45, 7) is 3.76. The van der Waals surface area contributed by atoms with Crippen LogP contribution in [-0.2, 0) is 0 Å². The summed E-state index contributed by atoms with van der Waals surface area (Å²) >= 11 is 5.67. The van der Waals surface area contributed by atoms with Crippen molar-refractivity contribution in [2.75, 3.05) is 19.0 Å². The zero-order chi connectivity index (χ0) is 10.9. The van der Waals surface area contributed by atoms with Gasteiger partial charge in [-0.3, -0.25) is 0 Å². The molecule has 1 N–H and O–H groups in total. The first-order valence-corrected chi connectivity index (χ1v) is 5.83. The van der Waals surface area contributed by atoms with Gasteiger partial charge >= 0.3 is 0 Å². The molecular formula is C12H18ClNO. The molecule has 0 radical (unpaired) electrons. The Morgan fingerprint density at radius 1 is 1.33 bits per heavy atom. The largest absolute Gasteiger partial charge is 0.494 e. The van der Waals surface area contributed by atoms with Gasteiger partial charge < -0.3 is 10.1 Å². The van der Waals surface area contributed by atoms with Crippen molar-refractivity contribution in [1.82, 2.24) is 5.32 Å². The van der Waals surface area contributed by atoms with Crippen LogP contribution in [0.25, 0.3) is 0 Å². The van der Waals surface area contributed by atoms with Gasteiger partial charge in [0.1, 0.15) is 5.75 Å². The third-order valence-electron chi connectivity index (χ3n) is 2.06. The minimum Gasteiger partial charge on any atom is -0.494 e. The molecule has 0 aliphatic heterocycles. The SMILES string of the molecule is CC(CCl)NCCCOc1ccccc1. The van der Waals surface area contributed by atoms with Gasteiger partial charge in [-0.15, -0.1) is 11.6 Å². The molecule has 2 nitrogen and oxygen atoms in total. The molecule has 0 spiro atoms. The quantitative estimate of drug-likeness (QED) is 0.571. The highest BCUT2D eigenvalue weighted by Crippen LogP contribution is 2.07. The van der Waals surface area contributed by atoms with Crippen molar-refractivity contribution in [3.05, 3.63) is 30.3 Å². The van der Waals surface area contributed by atoms with Gasteiger partial charge in [0.25, 0.3) is 0 Å². The zero-order valence-electron chi connectivity index (χ0n) is 9.08. The summed E-state index contributed by atoms with van der Waals surface area (Å²) < 4.78 is 5.55. The van der Waals surface area contributed by atoms with Crippen LogP contribution in [0.5, 0.6) is 5.75 Å². The molecule has 0 aliphatic carbocycles. The predicted octanol–water partition coefficient (Wildman–Crippen LogP) is 2.67. The monoisotopic (exact) mass is 227 g/mol. The van der Waals surface area contributed by atoms with Crippen LogP contribution in [0.3, 0.4) is 0 Å². The molecule has 0 aromatic heterocycles. The maximum absolute atomic E-state index is 5.67. The van der Waals surface area contributed by atoms with Crippen molar-refractivity contribution >= 4 is 11.6 Å². The lowest BCUT2D eigenvalue weighted by Gasteiger charge is -2.10. The summed E-state index contributed by atoms with van der Waals surface area (Å²) in [7, 11) is 0. The van der Waals surface area contributed by atoms with E-state index in [0.29, 0.717) is 11.9 Å². The van der Waals surface area contributed by atoms with E-state index in [1.54, 1.807) is 0 Å². The van der Waals surface area contributed by atoms with Gasteiger partial charge in [-0.1, -0.05) is 18.2 Å². The van der Waals surface area contributed by atoms with E-state index in [9.17, 15) is 0 Å². The normalized spacial score (nSPS) is 12.4. The summed E-state index contributed by atoms with van der Waals surface area (Å²) in [5.41, 5.74) is 0. The molecule has 1 rings (SSSR count). The van der Waals surface area contributed by atoms with Gasteiger partial charge in [-0.2, -0.15) is 0 Å². The molecular weight excluding hydrogens is 210 g/mol. The lowest BCUT2D eigenvalue weighted by molar-refractivity contribution is 0.306. The van der Waals surface area contributed by atoms with Gasteiger partial charge in [0.2, 0.25) is 0 Å². The topological polar surface area (TPSA) is 21.3 Å². The number of hydrogen-bond acceptors (Lipinski definition) is 2. The van der Waals surface area contributed by atoms with E-state index in [0.717, 1.165) is 25.3 Å². The van der Waals surface area contributed by atoms with E-state index < -0.39 is 0 Å². The van der Waals surface area contributed by atoms with E-state index >= 15 is 0 Å². The first kappa shape index (κ1) is 12.3. The maximum atomic E-state index is 5.67. The highest BCUT2D eigenvalue weighted by Gasteiger charge is 1.97. The number of alkyl halides is 1. The zero-order valence-corrected chi connectivity index (χ0v) is 9.83. The van der Waals surface area contributed by atoms with Gasteiger partial charge in [0.05, 0.1) is 6.61 Å². The average Bonchev–Trinajstić information content (AvgIpc) is 2.29. The van der Waals surface area contributed by atoms with E-state index in [-0.39, 0.29) is 0 Å². The Bertz CT molecular complexity index is 253. The first-order valence-electron chi connectivity index (χ1n) is 5.30. The van der Waals surface area contributed by atoms with E-state index in [4.69, 9.17) is 16.3 Å². The number of benzene rings is 1. The molecule has 0 heterocycles. The predicted molar refractivity (Wildman–Crippen MR) is 64.7 cm³/mol. The number of hydrogen-bond donors (Lipinski definition) is 1. The Balaban J connectivity index is 2.03. The molecule has 3 heteroatoms. The van der Waals surface area contributed by atoms with Crippen LogP contribution in [0.2, 0.25) is 0 Å². The average molecular weight is 228 g/mol. The van der Waals surface area contributed by atoms with Crippen LogP contribution < -0.4 is 10.1 Å². The number of rotatable bonds is 7. The van der Waals surface area contributed by atoms with Crippen molar-refractivity contribution in [3.8, 4) is 5.75 Å². The van der Waals surface area contributed by atoms with E-state index in [1.807, 2.05) is 30.3 Å². The van der Waals surface area contributed by atoms with Crippen molar-refractivity contribution in [2.24, 2.45) is 0 Å². The lowest BCUT2D eigenvalue weighted by Crippen LogP contribution is -2.29. The molecule has 0 bridgehead atoms. The highest BCUT2D eigenvalue weighted by atomic mass is 35.5. The number of nitrogens with one attached hydrogen (secondary N) is 1. The van der Waals surface area contributed by atoms with Crippen molar-refractivity contribution in [1.29, 1.82) is 0 Å². The van der Waals surface area contributed by atoms with Gasteiger partial charge in [0.15, 0.2) is 0 Å². The van der Waals surface area contributed by atoms with Crippen LogP contribution in [0, 0.1) is 0 Å². The van der Waals surface area contributed by atoms with Crippen LogP contribution >= 0.6 is 11.6 Å². The summed E-state index contributed by atoms with van der Waals surface area (Å²) in [6, 6.07) is 10.2. The number of para-hydroxylation sites is 1. The standard InChI is InChI=1S/C12H18ClNO/c1-11(10-13)14-8-5-9-15-12-6-3-2-4-7-12/h2-4,6-7,11,14H,5,8-10H2,1H3. The minimum absolute atomic E-state index is 0.378. The molecule has 0 aliphatic rings. The Hall–Kier alpha value is -0.730. The van der Waals surface area contributed by atoms with Crippen molar-refractivity contribution in [2.45, 2.75) is 19.4 Å². The van der Waals surface area contributed by atoms with Crippen molar-refractivity contribution < 1.29 is 4.74 Å². The maximum Gasteiger partial charge on any atom is 0.119 e. The Kier molecular flexibility index (Phi) is 6.21. The lowest BCUT2D eigenvalue weighted by atomic mass is 10.3. The molecule has 1 aromatic rings. The Morgan fingerprint density at radius 2 is 2.07 bits per heavy atom. The molecule has 1 unspecified atom stereocenters. The smallest absolute Gasteiger partial charge is 0.119 e. The fourth-order valence-corrected chi connectivity index (χ4v) is 1.29. The van der Waals surface area contributed by atoms with Gasteiger partial charge in [0, 0.05) is 11.9 Å². The van der Waals surface area contributed by atoms with Crippen LogP contribution in [0.1, 0.15) is 13.3 Å². The number of halogens is 1.